The first-order valence-corrected chi connectivity index (χ1v) is 14.3. The van der Waals surface area contributed by atoms with Gasteiger partial charge in [0, 0.05) is 13.5 Å². The Morgan fingerprint density at radius 3 is 2.47 bits per heavy atom. The highest BCUT2D eigenvalue weighted by Crippen LogP contribution is 2.70. The summed E-state index contributed by atoms with van der Waals surface area (Å²) in [5, 5.41) is 12.2. The molecule has 4 unspecified atom stereocenters. The summed E-state index contributed by atoms with van der Waals surface area (Å²) in [6, 6.07) is 0. The summed E-state index contributed by atoms with van der Waals surface area (Å²) in [6.07, 6.45) is 12.8. The van der Waals surface area contributed by atoms with E-state index in [4.69, 9.17) is 20.4 Å². The van der Waals surface area contributed by atoms with Crippen LogP contribution in [0.4, 0.5) is 0 Å². The van der Waals surface area contributed by atoms with E-state index in [0.717, 1.165) is 30.1 Å². The molecule has 0 aliphatic heterocycles. The molecular formula is C29H52N2O3. The van der Waals surface area contributed by atoms with E-state index >= 15 is 0 Å². The monoisotopic (exact) mass is 476 g/mol. The molecule has 4 aliphatic rings. The van der Waals surface area contributed by atoms with Crippen molar-refractivity contribution in [2.45, 2.75) is 105 Å². The van der Waals surface area contributed by atoms with Crippen LogP contribution in [0.2, 0.25) is 0 Å². The van der Waals surface area contributed by atoms with E-state index < -0.39 is 0 Å². The Hall–Kier alpha value is -0.810. The Morgan fingerprint density at radius 2 is 1.79 bits per heavy atom. The first-order chi connectivity index (χ1) is 16.2. The van der Waals surface area contributed by atoms with Crippen LogP contribution in [0, 0.1) is 58.2 Å². The second-order valence-electron chi connectivity index (χ2n) is 13.2. The molecule has 0 heterocycles. The number of rotatable bonds is 8. The van der Waals surface area contributed by atoms with Gasteiger partial charge >= 0.3 is 0 Å². The number of ether oxygens (including phenoxy) is 2. The summed E-state index contributed by atoms with van der Waals surface area (Å²) in [5.74, 6) is 6.09. The van der Waals surface area contributed by atoms with Crippen LogP contribution in [0.25, 0.3) is 0 Å². The van der Waals surface area contributed by atoms with Crippen molar-refractivity contribution in [3.63, 3.8) is 0 Å². The van der Waals surface area contributed by atoms with Crippen LogP contribution in [-0.2, 0) is 9.47 Å². The third kappa shape index (κ3) is 4.31. The average molecular weight is 477 g/mol. The SMILES string of the molecule is CC[C@H]1C(OCOC)C2C3CC[C@H]([C@H](C)CCC(N)=NO)[C@@]3(C)CCC2[C@@]2(C)CC[C@@H](C)C[C@@H]12. The minimum Gasteiger partial charge on any atom is -0.409 e. The molecule has 0 bridgehead atoms. The van der Waals surface area contributed by atoms with E-state index in [2.05, 4.69) is 39.8 Å². The lowest BCUT2D eigenvalue weighted by molar-refractivity contribution is -0.231. The van der Waals surface area contributed by atoms with Gasteiger partial charge in [-0.3, -0.25) is 0 Å². The van der Waals surface area contributed by atoms with Gasteiger partial charge < -0.3 is 20.4 Å². The van der Waals surface area contributed by atoms with Crippen molar-refractivity contribution in [1.82, 2.24) is 0 Å². The number of amidine groups is 1. The summed E-state index contributed by atoms with van der Waals surface area (Å²) in [4.78, 5) is 0. The minimum absolute atomic E-state index is 0.328. The van der Waals surface area contributed by atoms with Gasteiger partial charge in [-0.1, -0.05) is 52.6 Å². The zero-order valence-electron chi connectivity index (χ0n) is 22.8. The normalized spacial score (nSPS) is 47.5. The van der Waals surface area contributed by atoms with Crippen molar-refractivity contribution >= 4 is 5.84 Å². The lowest BCUT2D eigenvalue weighted by Crippen LogP contribution is -2.62. The topological polar surface area (TPSA) is 77.1 Å². The summed E-state index contributed by atoms with van der Waals surface area (Å²) in [6.45, 7) is 13.0. The smallest absolute Gasteiger partial charge is 0.146 e. The van der Waals surface area contributed by atoms with Crippen molar-refractivity contribution < 1.29 is 14.7 Å². The summed E-state index contributed by atoms with van der Waals surface area (Å²) in [5.41, 5.74) is 6.65. The van der Waals surface area contributed by atoms with Gasteiger partial charge in [-0.25, -0.2) is 0 Å². The maximum Gasteiger partial charge on any atom is 0.146 e. The van der Waals surface area contributed by atoms with Crippen LogP contribution in [0.15, 0.2) is 5.16 Å². The van der Waals surface area contributed by atoms with Crippen molar-refractivity contribution in [3.05, 3.63) is 0 Å². The predicted molar refractivity (Wildman–Crippen MR) is 137 cm³/mol. The Morgan fingerprint density at radius 1 is 1.09 bits per heavy atom. The van der Waals surface area contributed by atoms with E-state index in [-0.39, 0.29) is 0 Å². The van der Waals surface area contributed by atoms with Gasteiger partial charge in [-0.2, -0.15) is 0 Å². The molecule has 0 spiro atoms. The molecule has 4 saturated carbocycles. The van der Waals surface area contributed by atoms with E-state index in [0.29, 0.717) is 59.7 Å². The van der Waals surface area contributed by atoms with Gasteiger partial charge in [0.25, 0.3) is 0 Å². The lowest BCUT2D eigenvalue weighted by Gasteiger charge is -2.65. The van der Waals surface area contributed by atoms with E-state index in [9.17, 15) is 0 Å². The number of fused-ring (bicyclic) bond motifs is 5. The largest absolute Gasteiger partial charge is 0.409 e. The number of nitrogens with zero attached hydrogens (tertiary/aromatic N) is 1. The standard InChI is InChI=1S/C29H52N2O3/c1-7-20-24-16-18(2)12-14-29(24,5)23-13-15-28(4)21(19(3)8-11-25(30)31-32)9-10-22(28)26(23)27(20)34-17-33-6/h18-24,26-27,32H,7-17H2,1-6H3,(H2,30,31)/t18-,19-,20-,21-,22?,23?,24+,26?,27?,28-,29-/m1/s1. The lowest BCUT2D eigenvalue weighted by atomic mass is 9.41. The molecular weight excluding hydrogens is 424 g/mol. The van der Waals surface area contributed by atoms with Crippen molar-refractivity contribution in [2.75, 3.05) is 13.9 Å². The highest BCUT2D eigenvalue weighted by atomic mass is 16.7. The first kappa shape index (κ1) is 26.3. The highest BCUT2D eigenvalue weighted by molar-refractivity contribution is 5.79. The summed E-state index contributed by atoms with van der Waals surface area (Å²) >= 11 is 0. The number of hydrogen-bond acceptors (Lipinski definition) is 4. The Balaban J connectivity index is 1.64. The molecule has 196 valence electrons. The van der Waals surface area contributed by atoms with Crippen LogP contribution in [0.3, 0.4) is 0 Å². The molecule has 5 heteroatoms. The molecule has 0 aromatic heterocycles. The molecule has 4 rings (SSSR count). The second-order valence-corrected chi connectivity index (χ2v) is 13.2. The van der Waals surface area contributed by atoms with E-state index in [1.54, 1.807) is 7.11 Å². The van der Waals surface area contributed by atoms with E-state index in [1.807, 2.05) is 0 Å². The van der Waals surface area contributed by atoms with Crippen LogP contribution in [0.1, 0.15) is 98.8 Å². The molecule has 0 aromatic carbocycles. The Bertz CT molecular complexity index is 728. The fourth-order valence-electron chi connectivity index (χ4n) is 10.1. The molecule has 4 fully saturated rings. The zero-order chi connectivity index (χ0) is 24.7. The molecule has 34 heavy (non-hydrogen) atoms. The molecule has 0 radical (unpaired) electrons. The van der Waals surface area contributed by atoms with Gasteiger partial charge in [0.2, 0.25) is 0 Å². The van der Waals surface area contributed by atoms with E-state index in [1.165, 1.54) is 51.4 Å². The summed E-state index contributed by atoms with van der Waals surface area (Å²) in [7, 11) is 1.77. The second kappa shape index (κ2) is 10.3. The molecule has 3 N–H and O–H groups in total. The molecule has 0 saturated heterocycles. The fourth-order valence-corrected chi connectivity index (χ4v) is 10.1. The van der Waals surface area contributed by atoms with Crippen LogP contribution in [0.5, 0.6) is 0 Å². The first-order valence-electron chi connectivity index (χ1n) is 14.3. The van der Waals surface area contributed by atoms with Gasteiger partial charge in [-0.05, 0) is 103 Å². The molecule has 0 aromatic rings. The zero-order valence-corrected chi connectivity index (χ0v) is 22.8. The number of nitrogens with two attached hydrogens (primary N) is 1. The minimum atomic E-state index is 0.328. The maximum absolute atomic E-state index is 9.00. The van der Waals surface area contributed by atoms with Crippen molar-refractivity contribution in [2.24, 2.45) is 69.1 Å². The third-order valence-electron chi connectivity index (χ3n) is 11.8. The molecule has 0 amide bonds. The Kier molecular flexibility index (Phi) is 7.94. The quantitative estimate of drug-likeness (QED) is 0.135. The van der Waals surface area contributed by atoms with Gasteiger partial charge in [0.1, 0.15) is 12.6 Å². The number of hydrogen-bond donors (Lipinski definition) is 2. The number of oxime groups is 1. The van der Waals surface area contributed by atoms with Gasteiger partial charge in [-0.15, -0.1) is 0 Å². The Labute approximate surface area is 208 Å². The third-order valence-corrected chi connectivity index (χ3v) is 11.8. The fraction of sp³-hybridized carbons (Fsp3) is 0.966. The van der Waals surface area contributed by atoms with Crippen molar-refractivity contribution in [3.8, 4) is 0 Å². The highest BCUT2D eigenvalue weighted by Gasteiger charge is 2.65. The maximum atomic E-state index is 9.00. The average Bonchev–Trinajstić information content (AvgIpc) is 3.18. The number of methoxy groups -OCH3 is 1. The van der Waals surface area contributed by atoms with Crippen LogP contribution >= 0.6 is 0 Å². The van der Waals surface area contributed by atoms with Crippen molar-refractivity contribution in [1.29, 1.82) is 0 Å². The molecule has 4 aliphatic carbocycles. The summed E-state index contributed by atoms with van der Waals surface area (Å²) < 4.78 is 12.2. The molecule has 5 nitrogen and oxygen atoms in total. The predicted octanol–water partition coefficient (Wildman–Crippen LogP) is 6.68. The van der Waals surface area contributed by atoms with Gasteiger partial charge in [0.15, 0.2) is 0 Å². The van der Waals surface area contributed by atoms with Crippen LogP contribution < -0.4 is 5.73 Å². The van der Waals surface area contributed by atoms with Gasteiger partial charge in [0.05, 0.1) is 6.10 Å². The van der Waals surface area contributed by atoms with Crippen LogP contribution in [-0.4, -0.2) is 31.0 Å². The molecule has 11 atom stereocenters.